The summed E-state index contributed by atoms with van der Waals surface area (Å²) in [4.78, 5) is 51.8. The van der Waals surface area contributed by atoms with Gasteiger partial charge in [-0.15, -0.1) is 0 Å². The molecule has 11 nitrogen and oxygen atoms in total. The summed E-state index contributed by atoms with van der Waals surface area (Å²) in [6, 6.07) is 26.3. The van der Waals surface area contributed by atoms with Gasteiger partial charge in [-0.1, -0.05) is 119 Å². The monoisotopic (exact) mass is 658 g/mol. The van der Waals surface area contributed by atoms with E-state index in [1.54, 1.807) is 0 Å². The summed E-state index contributed by atoms with van der Waals surface area (Å²) in [5.41, 5.74) is 2.69. The Balaban J connectivity index is 1.32. The second-order valence-corrected chi connectivity index (χ2v) is 12.6. The molecule has 1 heterocycles. The van der Waals surface area contributed by atoms with E-state index in [9.17, 15) is 19.2 Å². The molecule has 1 aliphatic heterocycles. The van der Waals surface area contributed by atoms with Crippen molar-refractivity contribution in [1.29, 1.82) is 0 Å². The molecule has 0 bridgehead atoms. The lowest BCUT2D eigenvalue weighted by Crippen LogP contribution is -2.53. The lowest BCUT2D eigenvalue weighted by molar-refractivity contribution is -0.125. The third-order valence-electron chi connectivity index (χ3n) is 7.93. The molecule has 11 heteroatoms. The van der Waals surface area contributed by atoms with Gasteiger partial charge in [-0.3, -0.25) is 9.59 Å². The third kappa shape index (κ3) is 11.7. The van der Waals surface area contributed by atoms with Gasteiger partial charge in [-0.2, -0.15) is 0 Å². The van der Waals surface area contributed by atoms with E-state index in [0.29, 0.717) is 12.8 Å². The van der Waals surface area contributed by atoms with E-state index in [1.807, 2.05) is 119 Å². The highest BCUT2D eigenvalue weighted by molar-refractivity contribution is 5.87. The molecule has 0 radical (unpaired) electrons. The molecule has 3 aromatic carbocycles. The lowest BCUT2D eigenvalue weighted by atomic mass is 9.99. The number of hydrogen-bond acceptors (Lipinski definition) is 7. The molecule has 0 saturated carbocycles. The number of benzene rings is 3. The van der Waals surface area contributed by atoms with Crippen LogP contribution in [0.1, 0.15) is 50.8 Å². The smallest absolute Gasteiger partial charge is 0.408 e. The molecule has 4 N–H and O–H groups in total. The van der Waals surface area contributed by atoms with E-state index in [2.05, 4.69) is 21.3 Å². The molecule has 1 fully saturated rings. The number of rotatable bonds is 16. The molecule has 256 valence electrons. The summed E-state index contributed by atoms with van der Waals surface area (Å²) < 4.78 is 16.5. The van der Waals surface area contributed by atoms with Crippen molar-refractivity contribution in [2.75, 3.05) is 0 Å². The quantitative estimate of drug-likeness (QED) is 0.161. The molecule has 0 spiro atoms. The average molecular weight is 659 g/mol. The van der Waals surface area contributed by atoms with Gasteiger partial charge >= 0.3 is 12.2 Å². The lowest BCUT2D eigenvalue weighted by Gasteiger charge is -2.25. The van der Waals surface area contributed by atoms with Crippen molar-refractivity contribution < 1.29 is 33.4 Å². The molecule has 0 aromatic heterocycles. The summed E-state index contributed by atoms with van der Waals surface area (Å²) in [7, 11) is 0. The molecular weight excluding hydrogens is 612 g/mol. The van der Waals surface area contributed by atoms with Crippen molar-refractivity contribution in [2.45, 2.75) is 84.2 Å². The van der Waals surface area contributed by atoms with E-state index in [-0.39, 0.29) is 43.1 Å². The Labute approximate surface area is 282 Å². The number of amides is 4. The predicted molar refractivity (Wildman–Crippen MR) is 180 cm³/mol. The van der Waals surface area contributed by atoms with Gasteiger partial charge in [0.2, 0.25) is 11.8 Å². The first kappa shape index (κ1) is 35.9. The first-order valence-corrected chi connectivity index (χ1v) is 16.3. The van der Waals surface area contributed by atoms with Crippen molar-refractivity contribution >= 4 is 24.0 Å². The Morgan fingerprint density at radius 1 is 0.625 bits per heavy atom. The summed E-state index contributed by atoms with van der Waals surface area (Å²) in [6.07, 6.45) is -1.39. The van der Waals surface area contributed by atoms with Crippen molar-refractivity contribution in [3.8, 4) is 0 Å². The Bertz CT molecular complexity index is 1470. The molecular formula is C37H46N4O7. The van der Waals surface area contributed by atoms with Crippen LogP contribution in [-0.2, 0) is 43.4 Å². The largest absolute Gasteiger partial charge is 0.445 e. The SMILES string of the molecule is CC(C)[C@H](NC(=O)OCc1ccccc1)C(=O)NC1O[C@H]1C[C@H](Cc1ccccc1)NC(=O)[C@@H](NC(=O)OCc1ccccc1)C(C)C. The Kier molecular flexibility index (Phi) is 13.4. The highest BCUT2D eigenvalue weighted by Gasteiger charge is 2.43. The van der Waals surface area contributed by atoms with Crippen LogP contribution in [0, 0.1) is 11.8 Å². The molecule has 4 rings (SSSR count). The van der Waals surface area contributed by atoms with Crippen LogP contribution in [0.25, 0.3) is 0 Å². The van der Waals surface area contributed by atoms with E-state index in [0.717, 1.165) is 16.7 Å². The van der Waals surface area contributed by atoms with Crippen molar-refractivity contribution in [2.24, 2.45) is 11.8 Å². The maximum atomic E-state index is 13.5. The topological polar surface area (TPSA) is 147 Å². The second kappa shape index (κ2) is 17.9. The number of carbonyl (C=O) groups excluding carboxylic acids is 4. The minimum absolute atomic E-state index is 0.0868. The van der Waals surface area contributed by atoms with Crippen LogP contribution in [0.4, 0.5) is 9.59 Å². The molecule has 1 aliphatic rings. The number of epoxide rings is 1. The van der Waals surface area contributed by atoms with Gasteiger partial charge in [0.15, 0.2) is 6.23 Å². The fraction of sp³-hybridized carbons (Fsp3) is 0.405. The summed E-state index contributed by atoms with van der Waals surface area (Å²) in [5.74, 6) is -1.16. The number of hydrogen-bond donors (Lipinski definition) is 4. The van der Waals surface area contributed by atoms with Crippen LogP contribution in [0.2, 0.25) is 0 Å². The molecule has 0 aliphatic carbocycles. The number of ether oxygens (including phenoxy) is 3. The van der Waals surface area contributed by atoms with Crippen LogP contribution in [0.3, 0.4) is 0 Å². The van der Waals surface area contributed by atoms with Crippen molar-refractivity contribution in [3.63, 3.8) is 0 Å². The maximum absolute atomic E-state index is 13.5. The molecule has 1 saturated heterocycles. The highest BCUT2D eigenvalue weighted by atomic mass is 16.6. The minimum atomic E-state index is -0.836. The van der Waals surface area contributed by atoms with Crippen LogP contribution < -0.4 is 21.3 Å². The summed E-state index contributed by atoms with van der Waals surface area (Å²) in [6.45, 7) is 7.53. The summed E-state index contributed by atoms with van der Waals surface area (Å²) >= 11 is 0. The van der Waals surface area contributed by atoms with E-state index in [4.69, 9.17) is 14.2 Å². The van der Waals surface area contributed by atoms with Gasteiger partial charge < -0.3 is 35.5 Å². The first-order chi connectivity index (χ1) is 23.1. The highest BCUT2D eigenvalue weighted by Crippen LogP contribution is 2.26. The zero-order chi connectivity index (χ0) is 34.5. The number of alkyl carbamates (subject to hydrolysis) is 2. The zero-order valence-electron chi connectivity index (χ0n) is 27.9. The van der Waals surface area contributed by atoms with Crippen LogP contribution in [0.5, 0.6) is 0 Å². The van der Waals surface area contributed by atoms with Crippen LogP contribution in [-0.4, -0.2) is 54.5 Å². The van der Waals surface area contributed by atoms with Gasteiger partial charge in [-0.05, 0) is 41.4 Å². The number of nitrogens with one attached hydrogen (secondary N) is 4. The average Bonchev–Trinajstić information content (AvgIpc) is 3.81. The predicted octanol–water partition coefficient (Wildman–Crippen LogP) is 4.85. The maximum Gasteiger partial charge on any atom is 0.408 e. The molecule has 4 amide bonds. The molecule has 5 atom stereocenters. The van der Waals surface area contributed by atoms with Gasteiger partial charge in [-0.25, -0.2) is 9.59 Å². The molecule has 3 aromatic rings. The molecule has 48 heavy (non-hydrogen) atoms. The van der Waals surface area contributed by atoms with E-state index >= 15 is 0 Å². The minimum Gasteiger partial charge on any atom is -0.445 e. The van der Waals surface area contributed by atoms with Gasteiger partial charge in [0.1, 0.15) is 31.4 Å². The van der Waals surface area contributed by atoms with Gasteiger partial charge in [0, 0.05) is 6.04 Å². The Hall–Kier alpha value is -4.90. The van der Waals surface area contributed by atoms with E-state index in [1.165, 1.54) is 0 Å². The normalized spacial score (nSPS) is 17.0. The Morgan fingerprint density at radius 3 is 1.52 bits per heavy atom. The second-order valence-electron chi connectivity index (χ2n) is 12.6. The van der Waals surface area contributed by atoms with Crippen molar-refractivity contribution in [3.05, 3.63) is 108 Å². The number of carbonyl (C=O) groups is 4. The first-order valence-electron chi connectivity index (χ1n) is 16.3. The fourth-order valence-electron chi connectivity index (χ4n) is 5.20. The Morgan fingerprint density at radius 2 is 1.06 bits per heavy atom. The third-order valence-corrected chi connectivity index (χ3v) is 7.93. The van der Waals surface area contributed by atoms with E-state index < -0.39 is 36.4 Å². The standard InChI is InChI=1S/C37H46N4O7/c1-24(2)31(39-36(44)46-22-27-16-10-6-11-17-27)33(42)38-29(20-26-14-8-5-9-15-26)21-30-35(48-30)41-34(43)32(25(3)4)40-37(45)47-23-28-18-12-7-13-19-28/h5-19,24-25,29-32,35H,20-23H2,1-4H3,(H,38,42)(H,39,44)(H,40,45)(H,41,43)/t29-,30-,31-,32-,35?/m0/s1. The van der Waals surface area contributed by atoms with Gasteiger partial charge in [0.05, 0.1) is 0 Å². The van der Waals surface area contributed by atoms with Crippen LogP contribution in [0.15, 0.2) is 91.0 Å². The zero-order valence-corrected chi connectivity index (χ0v) is 27.9. The van der Waals surface area contributed by atoms with Crippen LogP contribution >= 0.6 is 0 Å². The summed E-state index contributed by atoms with van der Waals surface area (Å²) in [5, 5.41) is 11.3. The fourth-order valence-corrected chi connectivity index (χ4v) is 5.20. The van der Waals surface area contributed by atoms with Gasteiger partial charge in [0.25, 0.3) is 0 Å². The van der Waals surface area contributed by atoms with Crippen molar-refractivity contribution in [1.82, 2.24) is 21.3 Å². The molecule has 1 unspecified atom stereocenters.